The summed E-state index contributed by atoms with van der Waals surface area (Å²) >= 11 is 0. The summed E-state index contributed by atoms with van der Waals surface area (Å²) in [6, 6.07) is 1.12. The van der Waals surface area contributed by atoms with Crippen molar-refractivity contribution in [1.82, 2.24) is 4.90 Å². The first-order valence-corrected chi connectivity index (χ1v) is 8.08. The molecule has 108 valence electrons. The molecule has 1 atom stereocenters. The molecule has 0 aromatic rings. The van der Waals surface area contributed by atoms with Crippen LogP contribution in [-0.2, 0) is 0 Å². The van der Waals surface area contributed by atoms with Crippen LogP contribution in [0.4, 0.5) is 0 Å². The van der Waals surface area contributed by atoms with E-state index in [0.717, 1.165) is 24.4 Å². The number of rotatable bonds is 8. The van der Waals surface area contributed by atoms with Crippen LogP contribution in [0.2, 0.25) is 0 Å². The maximum atomic E-state index is 6.46. The molecule has 0 amide bonds. The van der Waals surface area contributed by atoms with Crippen LogP contribution in [0.15, 0.2) is 0 Å². The Hall–Kier alpha value is -0.0800. The molecule has 0 aliphatic heterocycles. The summed E-state index contributed by atoms with van der Waals surface area (Å²) in [6.45, 7) is 11.6. The topological polar surface area (TPSA) is 29.3 Å². The number of nitrogens with zero attached hydrogens (tertiary/aromatic N) is 1. The first-order chi connectivity index (χ1) is 8.58. The third-order valence-electron chi connectivity index (χ3n) is 4.51. The molecule has 0 saturated heterocycles. The molecule has 1 fully saturated rings. The second kappa shape index (κ2) is 8.16. The lowest BCUT2D eigenvalue weighted by molar-refractivity contribution is 0.143. The molecule has 0 heterocycles. The Morgan fingerprint density at radius 3 is 2.06 bits per heavy atom. The smallest absolute Gasteiger partial charge is 0.0196 e. The molecule has 1 saturated carbocycles. The van der Waals surface area contributed by atoms with Gasteiger partial charge in [0.05, 0.1) is 0 Å². The summed E-state index contributed by atoms with van der Waals surface area (Å²) in [4.78, 5) is 2.66. The van der Waals surface area contributed by atoms with Crippen LogP contribution in [0.5, 0.6) is 0 Å². The molecule has 0 aromatic carbocycles. The van der Waals surface area contributed by atoms with Gasteiger partial charge in [0.25, 0.3) is 0 Å². The van der Waals surface area contributed by atoms with Gasteiger partial charge in [0.1, 0.15) is 0 Å². The van der Waals surface area contributed by atoms with Crippen molar-refractivity contribution in [2.75, 3.05) is 13.1 Å². The minimum absolute atomic E-state index is 0.395. The summed E-state index contributed by atoms with van der Waals surface area (Å²) in [5.74, 6) is 1.52. The van der Waals surface area contributed by atoms with E-state index in [2.05, 4.69) is 32.6 Å². The van der Waals surface area contributed by atoms with Crippen molar-refractivity contribution in [1.29, 1.82) is 0 Å². The zero-order valence-corrected chi connectivity index (χ0v) is 13.0. The summed E-state index contributed by atoms with van der Waals surface area (Å²) in [6.07, 6.45) is 8.02. The van der Waals surface area contributed by atoms with Crippen molar-refractivity contribution in [3.63, 3.8) is 0 Å². The third kappa shape index (κ3) is 4.89. The monoisotopic (exact) mass is 254 g/mol. The molecule has 18 heavy (non-hydrogen) atoms. The molecule has 0 spiro atoms. The van der Waals surface area contributed by atoms with E-state index < -0.39 is 0 Å². The summed E-state index contributed by atoms with van der Waals surface area (Å²) < 4.78 is 0. The summed E-state index contributed by atoms with van der Waals surface area (Å²) in [7, 11) is 0. The van der Waals surface area contributed by atoms with Gasteiger partial charge in [-0.1, -0.05) is 40.5 Å². The van der Waals surface area contributed by atoms with Crippen molar-refractivity contribution in [3.8, 4) is 0 Å². The van der Waals surface area contributed by atoms with E-state index in [4.69, 9.17) is 5.73 Å². The molecule has 2 N–H and O–H groups in total. The molecule has 0 aromatic heterocycles. The molecule has 0 radical (unpaired) electrons. The summed E-state index contributed by atoms with van der Waals surface area (Å²) in [5, 5.41) is 0. The predicted molar refractivity (Wildman–Crippen MR) is 80.7 cm³/mol. The first-order valence-electron chi connectivity index (χ1n) is 8.08. The largest absolute Gasteiger partial charge is 0.326 e. The quantitative estimate of drug-likeness (QED) is 0.716. The van der Waals surface area contributed by atoms with E-state index in [9.17, 15) is 0 Å². The lowest BCUT2D eigenvalue weighted by atomic mass is 9.97. The van der Waals surface area contributed by atoms with Crippen LogP contribution in [0.25, 0.3) is 0 Å². The fourth-order valence-electron chi connectivity index (χ4n) is 3.45. The normalized spacial score (nSPS) is 19.3. The molecule has 2 heteroatoms. The van der Waals surface area contributed by atoms with Crippen molar-refractivity contribution in [2.24, 2.45) is 17.6 Å². The Balaban J connectivity index is 2.52. The van der Waals surface area contributed by atoms with Gasteiger partial charge >= 0.3 is 0 Å². The lowest BCUT2D eigenvalue weighted by Crippen LogP contribution is -2.47. The maximum Gasteiger partial charge on any atom is 0.0196 e. The number of nitrogens with two attached hydrogens (primary N) is 1. The van der Waals surface area contributed by atoms with Gasteiger partial charge < -0.3 is 5.73 Å². The van der Waals surface area contributed by atoms with Crippen molar-refractivity contribution < 1.29 is 0 Å². The lowest BCUT2D eigenvalue weighted by Gasteiger charge is -2.35. The SMILES string of the molecule is CCC(CC)N(CC(C)C)CC(N)C1CCCC1. The maximum absolute atomic E-state index is 6.46. The summed E-state index contributed by atoms with van der Waals surface area (Å²) in [5.41, 5.74) is 6.46. The van der Waals surface area contributed by atoms with Crippen molar-refractivity contribution in [3.05, 3.63) is 0 Å². The van der Waals surface area contributed by atoms with E-state index in [1.165, 1.54) is 45.1 Å². The average molecular weight is 254 g/mol. The van der Waals surface area contributed by atoms with Gasteiger partial charge in [-0.25, -0.2) is 0 Å². The zero-order chi connectivity index (χ0) is 13.5. The van der Waals surface area contributed by atoms with E-state index in [0.29, 0.717) is 6.04 Å². The molecule has 1 rings (SSSR count). The van der Waals surface area contributed by atoms with Gasteiger partial charge in [0.2, 0.25) is 0 Å². The average Bonchev–Trinajstić information content (AvgIpc) is 2.83. The van der Waals surface area contributed by atoms with Gasteiger partial charge in [-0.3, -0.25) is 4.90 Å². The zero-order valence-electron chi connectivity index (χ0n) is 13.0. The Morgan fingerprint density at radius 2 is 1.61 bits per heavy atom. The van der Waals surface area contributed by atoms with Crippen LogP contribution < -0.4 is 5.73 Å². The first kappa shape index (κ1) is 16.0. The van der Waals surface area contributed by atoms with E-state index in [1.54, 1.807) is 0 Å². The van der Waals surface area contributed by atoms with E-state index in [-0.39, 0.29) is 0 Å². The number of hydrogen-bond donors (Lipinski definition) is 1. The van der Waals surface area contributed by atoms with Crippen molar-refractivity contribution >= 4 is 0 Å². The van der Waals surface area contributed by atoms with Gasteiger partial charge in [0, 0.05) is 25.2 Å². The van der Waals surface area contributed by atoms with Crippen LogP contribution >= 0.6 is 0 Å². The molecule has 0 bridgehead atoms. The molecule has 1 unspecified atom stereocenters. The molecule has 2 nitrogen and oxygen atoms in total. The van der Waals surface area contributed by atoms with Crippen LogP contribution in [-0.4, -0.2) is 30.1 Å². The van der Waals surface area contributed by atoms with E-state index in [1.807, 2.05) is 0 Å². The molecule has 1 aliphatic carbocycles. The third-order valence-corrected chi connectivity index (χ3v) is 4.51. The Morgan fingerprint density at radius 1 is 1.06 bits per heavy atom. The Bertz CT molecular complexity index is 205. The van der Waals surface area contributed by atoms with Crippen LogP contribution in [0.3, 0.4) is 0 Å². The van der Waals surface area contributed by atoms with Gasteiger partial charge in [-0.2, -0.15) is 0 Å². The van der Waals surface area contributed by atoms with Gasteiger partial charge in [-0.15, -0.1) is 0 Å². The van der Waals surface area contributed by atoms with Gasteiger partial charge in [0.15, 0.2) is 0 Å². The highest BCUT2D eigenvalue weighted by atomic mass is 15.2. The van der Waals surface area contributed by atoms with E-state index >= 15 is 0 Å². The fraction of sp³-hybridized carbons (Fsp3) is 1.00. The second-order valence-corrected chi connectivity index (χ2v) is 6.53. The van der Waals surface area contributed by atoms with Crippen LogP contribution in [0, 0.1) is 11.8 Å². The highest BCUT2D eigenvalue weighted by Crippen LogP contribution is 2.27. The van der Waals surface area contributed by atoms with Gasteiger partial charge in [-0.05, 0) is 37.5 Å². The minimum Gasteiger partial charge on any atom is -0.326 e. The predicted octanol–water partition coefficient (Wildman–Crippen LogP) is 3.65. The second-order valence-electron chi connectivity index (χ2n) is 6.53. The highest BCUT2D eigenvalue weighted by molar-refractivity contribution is 4.83. The van der Waals surface area contributed by atoms with Crippen molar-refractivity contribution in [2.45, 2.75) is 78.3 Å². The standard InChI is InChI=1S/C16H34N2/c1-5-15(6-2)18(11-13(3)4)12-16(17)14-9-7-8-10-14/h13-16H,5-12,17H2,1-4H3. The molecule has 1 aliphatic rings. The number of hydrogen-bond acceptors (Lipinski definition) is 2. The highest BCUT2D eigenvalue weighted by Gasteiger charge is 2.26. The minimum atomic E-state index is 0.395. The molecular formula is C16H34N2. The Labute approximate surface area is 114 Å². The Kier molecular flexibility index (Phi) is 7.25. The molecular weight excluding hydrogens is 220 g/mol. The fourth-order valence-corrected chi connectivity index (χ4v) is 3.45. The van der Waals surface area contributed by atoms with Crippen LogP contribution in [0.1, 0.15) is 66.2 Å².